The molecule has 1 unspecified atom stereocenters. The summed E-state index contributed by atoms with van der Waals surface area (Å²) >= 11 is 1.54. The number of hydrogen-bond acceptors (Lipinski definition) is 6. The second-order valence-corrected chi connectivity index (χ2v) is 6.28. The van der Waals surface area contributed by atoms with Crippen LogP contribution in [0.15, 0.2) is 22.0 Å². The van der Waals surface area contributed by atoms with E-state index < -0.39 is 11.6 Å². The van der Waals surface area contributed by atoms with Crippen molar-refractivity contribution in [1.82, 2.24) is 15.5 Å². The lowest BCUT2D eigenvalue weighted by Gasteiger charge is -2.34. The molecule has 1 aliphatic rings. The normalized spacial score (nSPS) is 17.1. The number of rotatable bonds is 5. The SMILES string of the molecule is Cl.NC(=O)NC(Cc1nc(C2(N)CCC2)no1)c1cccs1. The van der Waals surface area contributed by atoms with Crippen LogP contribution in [-0.4, -0.2) is 16.2 Å². The van der Waals surface area contributed by atoms with E-state index in [0.29, 0.717) is 18.1 Å². The fraction of sp³-hybridized carbons (Fsp3) is 0.462. The molecule has 9 heteroatoms. The summed E-state index contributed by atoms with van der Waals surface area (Å²) in [5, 5.41) is 8.61. The van der Waals surface area contributed by atoms with Crippen LogP contribution in [0.5, 0.6) is 0 Å². The third-order valence-corrected chi connectivity index (χ3v) is 4.73. The lowest BCUT2D eigenvalue weighted by atomic mass is 9.77. The highest BCUT2D eigenvalue weighted by atomic mass is 35.5. The van der Waals surface area contributed by atoms with Crippen molar-refractivity contribution in [3.63, 3.8) is 0 Å². The van der Waals surface area contributed by atoms with Crippen molar-refractivity contribution in [2.24, 2.45) is 11.5 Å². The molecule has 1 atom stereocenters. The first kappa shape index (κ1) is 16.7. The molecule has 1 saturated carbocycles. The maximum Gasteiger partial charge on any atom is 0.312 e. The Kier molecular flexibility index (Phi) is 5.05. The van der Waals surface area contributed by atoms with Gasteiger partial charge in [-0.05, 0) is 30.7 Å². The summed E-state index contributed by atoms with van der Waals surface area (Å²) in [6.07, 6.45) is 3.23. The first-order valence-corrected chi connectivity index (χ1v) is 7.66. The van der Waals surface area contributed by atoms with Gasteiger partial charge in [0.25, 0.3) is 0 Å². The van der Waals surface area contributed by atoms with Gasteiger partial charge in [-0.1, -0.05) is 11.2 Å². The number of aromatic nitrogens is 2. The molecule has 5 N–H and O–H groups in total. The highest BCUT2D eigenvalue weighted by Gasteiger charge is 2.39. The molecule has 22 heavy (non-hydrogen) atoms. The zero-order chi connectivity index (χ0) is 14.9. The van der Waals surface area contributed by atoms with Crippen molar-refractivity contribution in [1.29, 1.82) is 0 Å². The van der Waals surface area contributed by atoms with Gasteiger partial charge in [-0.25, -0.2) is 4.79 Å². The van der Waals surface area contributed by atoms with Gasteiger partial charge in [-0.2, -0.15) is 4.98 Å². The van der Waals surface area contributed by atoms with Gasteiger partial charge >= 0.3 is 6.03 Å². The third kappa shape index (κ3) is 3.40. The van der Waals surface area contributed by atoms with E-state index in [1.54, 1.807) is 0 Å². The second kappa shape index (κ2) is 6.64. The maximum atomic E-state index is 11.1. The van der Waals surface area contributed by atoms with Crippen molar-refractivity contribution < 1.29 is 9.32 Å². The topological polar surface area (TPSA) is 120 Å². The van der Waals surface area contributed by atoms with Crippen molar-refractivity contribution in [2.45, 2.75) is 37.3 Å². The van der Waals surface area contributed by atoms with Crippen molar-refractivity contribution in [2.75, 3.05) is 0 Å². The molecular weight excluding hydrogens is 326 g/mol. The van der Waals surface area contributed by atoms with Crippen molar-refractivity contribution >= 4 is 29.8 Å². The molecule has 7 nitrogen and oxygen atoms in total. The summed E-state index contributed by atoms with van der Waals surface area (Å²) in [6.45, 7) is 0. The average Bonchev–Trinajstić information content (AvgIpc) is 3.05. The zero-order valence-corrected chi connectivity index (χ0v) is 13.5. The highest BCUT2D eigenvalue weighted by molar-refractivity contribution is 7.10. The monoisotopic (exact) mass is 343 g/mol. The second-order valence-electron chi connectivity index (χ2n) is 5.30. The molecule has 0 aliphatic heterocycles. The molecule has 3 rings (SSSR count). The quantitative estimate of drug-likeness (QED) is 0.765. The van der Waals surface area contributed by atoms with Gasteiger partial charge in [0.15, 0.2) is 5.82 Å². The Morgan fingerprint density at radius 1 is 1.55 bits per heavy atom. The van der Waals surface area contributed by atoms with Crippen LogP contribution in [0.4, 0.5) is 4.79 Å². The Bertz CT molecular complexity index is 626. The summed E-state index contributed by atoms with van der Waals surface area (Å²) in [5.41, 5.74) is 10.9. The smallest absolute Gasteiger partial charge is 0.312 e. The maximum absolute atomic E-state index is 11.1. The van der Waals surface area contributed by atoms with Crippen molar-refractivity contribution in [3.8, 4) is 0 Å². The molecule has 0 bridgehead atoms. The molecule has 1 fully saturated rings. The predicted octanol–water partition coefficient (Wildman–Crippen LogP) is 1.84. The van der Waals surface area contributed by atoms with Gasteiger partial charge in [-0.3, -0.25) is 0 Å². The highest BCUT2D eigenvalue weighted by Crippen LogP contribution is 2.37. The van der Waals surface area contributed by atoms with Crippen LogP contribution in [0.2, 0.25) is 0 Å². The van der Waals surface area contributed by atoms with Gasteiger partial charge < -0.3 is 21.3 Å². The largest absolute Gasteiger partial charge is 0.352 e. The summed E-state index contributed by atoms with van der Waals surface area (Å²) < 4.78 is 5.27. The molecule has 2 aromatic heterocycles. The zero-order valence-electron chi connectivity index (χ0n) is 11.8. The van der Waals surface area contributed by atoms with E-state index in [9.17, 15) is 4.79 Å². The lowest BCUT2D eigenvalue weighted by Crippen LogP contribution is -2.44. The summed E-state index contributed by atoms with van der Waals surface area (Å²) in [4.78, 5) is 16.5. The number of thiophene rings is 1. The van der Waals surface area contributed by atoms with Gasteiger partial charge in [0.2, 0.25) is 5.89 Å². The van der Waals surface area contributed by atoms with Crippen LogP contribution in [0.1, 0.15) is 41.9 Å². The lowest BCUT2D eigenvalue weighted by molar-refractivity contribution is 0.228. The Morgan fingerprint density at radius 2 is 2.32 bits per heavy atom. The number of primary amides is 1. The van der Waals surface area contributed by atoms with E-state index in [-0.39, 0.29) is 18.4 Å². The first-order valence-electron chi connectivity index (χ1n) is 6.78. The first-order chi connectivity index (χ1) is 10.1. The molecule has 1 aliphatic carbocycles. The van der Waals surface area contributed by atoms with Crippen LogP contribution < -0.4 is 16.8 Å². The Morgan fingerprint density at radius 3 is 2.86 bits per heavy atom. The Balaban J connectivity index is 0.00000176. The van der Waals surface area contributed by atoms with Crippen LogP contribution >= 0.6 is 23.7 Å². The number of urea groups is 1. The molecule has 0 radical (unpaired) electrons. The van der Waals surface area contributed by atoms with Crippen molar-refractivity contribution in [3.05, 3.63) is 34.1 Å². The number of hydrogen-bond donors (Lipinski definition) is 3. The predicted molar refractivity (Wildman–Crippen MR) is 84.7 cm³/mol. The van der Waals surface area contributed by atoms with Crippen LogP contribution in [-0.2, 0) is 12.0 Å². The summed E-state index contributed by atoms with van der Waals surface area (Å²) in [7, 11) is 0. The number of halogens is 1. The minimum Gasteiger partial charge on any atom is -0.352 e. The molecule has 0 saturated heterocycles. The van der Waals surface area contributed by atoms with Gasteiger partial charge in [0.05, 0.1) is 18.0 Å². The van der Waals surface area contributed by atoms with E-state index in [0.717, 1.165) is 24.1 Å². The number of carbonyl (C=O) groups is 1. The molecule has 0 aromatic carbocycles. The number of carbonyl (C=O) groups excluding carboxylic acids is 1. The van der Waals surface area contributed by atoms with Crippen LogP contribution in [0.3, 0.4) is 0 Å². The van der Waals surface area contributed by atoms with Gasteiger partial charge in [0, 0.05) is 4.88 Å². The molecular formula is C13H18ClN5O2S. The van der Waals surface area contributed by atoms with E-state index in [2.05, 4.69) is 15.5 Å². The number of nitrogens with one attached hydrogen (secondary N) is 1. The third-order valence-electron chi connectivity index (χ3n) is 3.74. The van der Waals surface area contributed by atoms with Crippen LogP contribution in [0, 0.1) is 0 Å². The van der Waals surface area contributed by atoms with Gasteiger partial charge in [-0.15, -0.1) is 23.7 Å². The summed E-state index contributed by atoms with van der Waals surface area (Å²) in [5.74, 6) is 1.00. The average molecular weight is 344 g/mol. The number of nitrogens with two attached hydrogens (primary N) is 2. The van der Waals surface area contributed by atoms with E-state index >= 15 is 0 Å². The number of nitrogens with zero attached hydrogens (tertiary/aromatic N) is 2. The fourth-order valence-electron chi connectivity index (χ4n) is 2.38. The van der Waals surface area contributed by atoms with Gasteiger partial charge in [0.1, 0.15) is 0 Å². The van der Waals surface area contributed by atoms with E-state index in [4.69, 9.17) is 16.0 Å². The molecule has 0 spiro atoms. The summed E-state index contributed by atoms with van der Waals surface area (Å²) in [6, 6.07) is 2.99. The minimum absolute atomic E-state index is 0. The van der Waals surface area contributed by atoms with E-state index in [1.807, 2.05) is 17.5 Å². The molecule has 2 amide bonds. The Hall–Kier alpha value is -1.64. The molecule has 2 aromatic rings. The molecule has 2 heterocycles. The minimum atomic E-state index is -0.581. The fourth-order valence-corrected chi connectivity index (χ4v) is 3.16. The Labute approximate surface area is 137 Å². The standard InChI is InChI=1S/C13H17N5O2S.ClH/c14-12(19)16-8(9-3-1-6-21-9)7-10-17-11(18-20-10)13(15)4-2-5-13;/h1,3,6,8H,2,4-5,7,15H2,(H3,14,16,19);1H. The van der Waals surface area contributed by atoms with Crippen LogP contribution in [0.25, 0.3) is 0 Å². The number of amides is 2. The van der Waals surface area contributed by atoms with E-state index in [1.165, 1.54) is 11.3 Å². The molecule has 120 valence electrons.